The van der Waals surface area contributed by atoms with Gasteiger partial charge < -0.3 is 4.74 Å². The number of carbonyl (C=O) groups excluding carboxylic acids is 2. The van der Waals surface area contributed by atoms with Gasteiger partial charge in [0, 0.05) is 35.7 Å². The normalized spacial score (nSPS) is 27.0. The lowest BCUT2D eigenvalue weighted by molar-refractivity contribution is -0.124. The summed E-state index contributed by atoms with van der Waals surface area (Å²) < 4.78 is 5.50. The largest absolute Gasteiger partial charge is 0.481 e. The fraction of sp³-hybridized carbons (Fsp3) is 0.500. The Bertz CT molecular complexity index is 1000. The van der Waals surface area contributed by atoms with Crippen molar-refractivity contribution in [3.8, 4) is 18.1 Å². The summed E-state index contributed by atoms with van der Waals surface area (Å²) in [4.78, 5) is 31.5. The highest BCUT2D eigenvalue weighted by Gasteiger charge is 2.49. The second kappa shape index (κ2) is 7.23. The molecule has 0 amide bonds. The molecule has 0 unspecified atom stereocenters. The van der Waals surface area contributed by atoms with Gasteiger partial charge in [-0.25, -0.2) is 0 Å². The van der Waals surface area contributed by atoms with Crippen molar-refractivity contribution in [2.24, 2.45) is 21.7 Å². The summed E-state index contributed by atoms with van der Waals surface area (Å²) in [5.41, 5.74) is 3.32. The molecule has 0 saturated heterocycles. The molecule has 1 fully saturated rings. The molecule has 3 aliphatic rings. The van der Waals surface area contributed by atoms with E-state index in [2.05, 4.69) is 33.6 Å². The van der Waals surface area contributed by atoms with Crippen LogP contribution in [0.5, 0.6) is 5.75 Å². The standard InChI is InChI=1S/C26H29NO3/c1-6-11-30-17-9-7-16(8-10-17)22-23-18(12-25(2,3)14-20(23)28)27-19-13-26(4,5)15-21(29)24(19)22/h1,7-10,22-23H,11-15H2,2-5H3/t22-,23+/m1/s1. The van der Waals surface area contributed by atoms with Crippen LogP contribution in [0.15, 0.2) is 40.5 Å². The van der Waals surface area contributed by atoms with Gasteiger partial charge >= 0.3 is 0 Å². The number of nitrogens with zero attached hydrogens (tertiary/aromatic N) is 1. The van der Waals surface area contributed by atoms with Crippen LogP contribution in [-0.4, -0.2) is 23.9 Å². The Morgan fingerprint density at radius 2 is 1.67 bits per heavy atom. The second-order valence-electron chi connectivity index (χ2n) is 10.4. The van der Waals surface area contributed by atoms with E-state index < -0.39 is 0 Å². The van der Waals surface area contributed by atoms with Crippen LogP contribution in [0.2, 0.25) is 0 Å². The third-order valence-corrected chi connectivity index (χ3v) is 6.40. The van der Waals surface area contributed by atoms with Crippen molar-refractivity contribution >= 4 is 17.3 Å². The smallest absolute Gasteiger partial charge is 0.161 e. The van der Waals surface area contributed by atoms with Crippen LogP contribution in [0.4, 0.5) is 0 Å². The first-order valence-electron chi connectivity index (χ1n) is 10.6. The van der Waals surface area contributed by atoms with E-state index in [1.165, 1.54) is 0 Å². The summed E-state index contributed by atoms with van der Waals surface area (Å²) in [5, 5.41) is 0. The number of Topliss-reactive ketones (excluding diaryl/α,β-unsaturated/α-hetero) is 2. The van der Waals surface area contributed by atoms with Crippen LogP contribution < -0.4 is 4.74 Å². The van der Waals surface area contributed by atoms with Crippen molar-refractivity contribution in [2.75, 3.05) is 6.61 Å². The molecule has 1 heterocycles. The topological polar surface area (TPSA) is 55.7 Å². The third-order valence-electron chi connectivity index (χ3n) is 6.40. The average molecular weight is 404 g/mol. The number of ketones is 2. The lowest BCUT2D eigenvalue weighted by Gasteiger charge is -2.44. The second-order valence-corrected chi connectivity index (χ2v) is 10.4. The summed E-state index contributed by atoms with van der Waals surface area (Å²) >= 11 is 0. The molecule has 156 valence electrons. The van der Waals surface area contributed by atoms with Crippen molar-refractivity contribution in [2.45, 2.75) is 59.3 Å². The molecule has 30 heavy (non-hydrogen) atoms. The maximum atomic E-state index is 13.3. The number of hydrogen-bond donors (Lipinski definition) is 0. The minimum Gasteiger partial charge on any atom is -0.481 e. The lowest BCUT2D eigenvalue weighted by atomic mass is 9.60. The van der Waals surface area contributed by atoms with Crippen molar-refractivity contribution in [1.29, 1.82) is 0 Å². The number of fused-ring (bicyclic) bond motifs is 1. The maximum absolute atomic E-state index is 13.3. The molecule has 0 spiro atoms. The molecule has 2 aliphatic carbocycles. The zero-order chi connectivity index (χ0) is 21.7. The van der Waals surface area contributed by atoms with Crippen LogP contribution in [0, 0.1) is 29.1 Å². The monoisotopic (exact) mass is 403 g/mol. The van der Waals surface area contributed by atoms with E-state index in [1.807, 2.05) is 24.3 Å². The van der Waals surface area contributed by atoms with Gasteiger partial charge in [0.2, 0.25) is 0 Å². The predicted octanol–water partition coefficient (Wildman–Crippen LogP) is 4.89. The first kappa shape index (κ1) is 20.6. The van der Waals surface area contributed by atoms with Crippen molar-refractivity contribution in [3.63, 3.8) is 0 Å². The molecule has 1 aliphatic heterocycles. The zero-order valence-electron chi connectivity index (χ0n) is 18.2. The Morgan fingerprint density at radius 3 is 2.33 bits per heavy atom. The van der Waals surface area contributed by atoms with Gasteiger partial charge in [-0.15, -0.1) is 6.42 Å². The highest BCUT2D eigenvalue weighted by Crippen LogP contribution is 2.51. The van der Waals surface area contributed by atoms with E-state index in [-0.39, 0.29) is 40.8 Å². The maximum Gasteiger partial charge on any atom is 0.161 e. The molecule has 1 aromatic rings. The quantitative estimate of drug-likeness (QED) is 0.676. The third kappa shape index (κ3) is 3.74. The summed E-state index contributed by atoms with van der Waals surface area (Å²) in [7, 11) is 0. The van der Waals surface area contributed by atoms with Gasteiger partial charge in [0.25, 0.3) is 0 Å². The number of allylic oxidation sites excluding steroid dienone is 2. The number of ether oxygens (including phenoxy) is 1. The number of hydrogen-bond acceptors (Lipinski definition) is 4. The molecule has 2 atom stereocenters. The minimum absolute atomic E-state index is 0.101. The van der Waals surface area contributed by atoms with Crippen LogP contribution >= 0.6 is 0 Å². The van der Waals surface area contributed by atoms with Crippen molar-refractivity contribution in [3.05, 3.63) is 41.1 Å². The van der Waals surface area contributed by atoms with Crippen LogP contribution in [0.3, 0.4) is 0 Å². The average Bonchev–Trinajstić information content (AvgIpc) is 2.63. The highest BCUT2D eigenvalue weighted by molar-refractivity contribution is 6.13. The molecule has 0 aromatic heterocycles. The van der Waals surface area contributed by atoms with Gasteiger partial charge in [0.15, 0.2) is 5.78 Å². The molecule has 4 heteroatoms. The lowest BCUT2D eigenvalue weighted by Crippen LogP contribution is -2.45. The van der Waals surface area contributed by atoms with Gasteiger partial charge in [0.1, 0.15) is 18.1 Å². The van der Waals surface area contributed by atoms with E-state index in [0.717, 1.165) is 35.4 Å². The highest BCUT2D eigenvalue weighted by atomic mass is 16.5. The van der Waals surface area contributed by atoms with Gasteiger partial charge in [-0.1, -0.05) is 45.7 Å². The molecule has 0 bridgehead atoms. The summed E-state index contributed by atoms with van der Waals surface area (Å²) in [6.07, 6.45) is 7.83. The van der Waals surface area contributed by atoms with Gasteiger partial charge in [-0.2, -0.15) is 0 Å². The molecule has 4 rings (SSSR count). The van der Waals surface area contributed by atoms with Crippen molar-refractivity contribution in [1.82, 2.24) is 0 Å². The van der Waals surface area contributed by atoms with E-state index in [9.17, 15) is 9.59 Å². The molecule has 0 radical (unpaired) electrons. The van der Waals surface area contributed by atoms with Gasteiger partial charge in [-0.3, -0.25) is 14.6 Å². The Labute approximate surface area is 178 Å². The number of benzene rings is 1. The van der Waals surface area contributed by atoms with Crippen molar-refractivity contribution < 1.29 is 14.3 Å². The summed E-state index contributed by atoms with van der Waals surface area (Å²) in [6.45, 7) is 8.68. The molecule has 4 nitrogen and oxygen atoms in total. The molecular weight excluding hydrogens is 374 g/mol. The number of terminal acetylenes is 1. The fourth-order valence-corrected chi connectivity index (χ4v) is 5.27. The summed E-state index contributed by atoms with van der Waals surface area (Å²) in [6, 6.07) is 7.66. The van der Waals surface area contributed by atoms with E-state index in [4.69, 9.17) is 16.2 Å². The fourth-order valence-electron chi connectivity index (χ4n) is 5.27. The number of rotatable bonds is 3. The molecule has 0 N–H and O–H groups in total. The van der Waals surface area contributed by atoms with Gasteiger partial charge in [0.05, 0.1) is 5.92 Å². The van der Waals surface area contributed by atoms with E-state index >= 15 is 0 Å². The molecular formula is C26H29NO3. The zero-order valence-corrected chi connectivity index (χ0v) is 18.2. The predicted molar refractivity (Wildman–Crippen MR) is 118 cm³/mol. The summed E-state index contributed by atoms with van der Waals surface area (Å²) in [5.74, 6) is 2.84. The molecule has 1 aromatic carbocycles. The SMILES string of the molecule is C#CCOc1ccc([C@H]2C3=C(CC(C)(C)CC3=O)N=C3CC(C)(C)CC(=O)[C@H]32)cc1. The van der Waals surface area contributed by atoms with E-state index in [1.54, 1.807) is 0 Å². The minimum atomic E-state index is -0.348. The van der Waals surface area contributed by atoms with E-state index in [0.29, 0.717) is 18.6 Å². The Hall–Kier alpha value is -2.67. The first-order chi connectivity index (χ1) is 14.1. The van der Waals surface area contributed by atoms with Crippen LogP contribution in [0.25, 0.3) is 0 Å². The Balaban J connectivity index is 1.81. The number of carbonyl (C=O) groups is 2. The Morgan fingerprint density at radius 1 is 1.00 bits per heavy atom. The van der Waals surface area contributed by atoms with Crippen LogP contribution in [0.1, 0.15) is 64.9 Å². The van der Waals surface area contributed by atoms with Gasteiger partial charge in [-0.05, 0) is 41.4 Å². The first-order valence-corrected chi connectivity index (χ1v) is 10.6. The van der Waals surface area contributed by atoms with Crippen LogP contribution in [-0.2, 0) is 9.59 Å². The molecule has 1 saturated carbocycles. The number of aliphatic imine (C=N–C) groups is 1. The Kier molecular flexibility index (Phi) is 4.97.